The standard InChI is InChI=1S/C12H16FN3O/c1-8(14)9-2-3-11(10(13)6-9)16-5-4-15-12(17)7-16/h2-3,6,8H,4-5,7,14H2,1H3,(H,15,17)/t8-/m1/s1. The van der Waals surface area contributed by atoms with Gasteiger partial charge in [-0.2, -0.15) is 0 Å². The highest BCUT2D eigenvalue weighted by atomic mass is 19.1. The van der Waals surface area contributed by atoms with E-state index in [0.29, 0.717) is 18.8 Å². The third-order valence-corrected chi connectivity index (χ3v) is 2.88. The monoisotopic (exact) mass is 237 g/mol. The van der Waals surface area contributed by atoms with Gasteiger partial charge in [0.25, 0.3) is 0 Å². The van der Waals surface area contributed by atoms with Crippen molar-refractivity contribution in [3.05, 3.63) is 29.6 Å². The van der Waals surface area contributed by atoms with Crippen LogP contribution in [-0.2, 0) is 4.79 Å². The average Bonchev–Trinajstić information content (AvgIpc) is 2.28. The van der Waals surface area contributed by atoms with Gasteiger partial charge in [0.15, 0.2) is 0 Å². The van der Waals surface area contributed by atoms with Gasteiger partial charge in [-0.1, -0.05) is 6.07 Å². The molecular weight excluding hydrogens is 221 g/mol. The summed E-state index contributed by atoms with van der Waals surface area (Å²) in [5.41, 5.74) is 6.91. The van der Waals surface area contributed by atoms with Crippen molar-refractivity contribution in [3.8, 4) is 0 Å². The number of carbonyl (C=O) groups is 1. The van der Waals surface area contributed by atoms with Gasteiger partial charge in [0.1, 0.15) is 5.82 Å². The minimum atomic E-state index is -0.325. The van der Waals surface area contributed by atoms with Crippen molar-refractivity contribution in [1.82, 2.24) is 5.32 Å². The number of amides is 1. The quantitative estimate of drug-likeness (QED) is 0.799. The van der Waals surface area contributed by atoms with E-state index >= 15 is 0 Å². The molecule has 1 atom stereocenters. The zero-order valence-corrected chi connectivity index (χ0v) is 9.74. The smallest absolute Gasteiger partial charge is 0.239 e. The van der Waals surface area contributed by atoms with Crippen LogP contribution in [0.2, 0.25) is 0 Å². The van der Waals surface area contributed by atoms with Crippen LogP contribution in [0, 0.1) is 5.82 Å². The van der Waals surface area contributed by atoms with Gasteiger partial charge in [-0.05, 0) is 24.6 Å². The maximum atomic E-state index is 13.9. The number of hydrogen-bond donors (Lipinski definition) is 2. The molecule has 1 aliphatic heterocycles. The molecule has 2 rings (SSSR count). The number of nitrogens with two attached hydrogens (primary N) is 1. The summed E-state index contributed by atoms with van der Waals surface area (Å²) in [5, 5.41) is 2.71. The van der Waals surface area contributed by atoms with E-state index < -0.39 is 0 Å². The zero-order valence-electron chi connectivity index (χ0n) is 9.74. The summed E-state index contributed by atoms with van der Waals surface area (Å²) in [4.78, 5) is 13.0. The third kappa shape index (κ3) is 2.55. The van der Waals surface area contributed by atoms with E-state index in [9.17, 15) is 9.18 Å². The topological polar surface area (TPSA) is 58.4 Å². The number of piperazine rings is 1. The summed E-state index contributed by atoms with van der Waals surface area (Å²) >= 11 is 0. The number of nitrogens with zero attached hydrogens (tertiary/aromatic N) is 1. The largest absolute Gasteiger partial charge is 0.358 e. The van der Waals surface area contributed by atoms with E-state index in [4.69, 9.17) is 5.73 Å². The predicted molar refractivity (Wildman–Crippen MR) is 64.2 cm³/mol. The van der Waals surface area contributed by atoms with Crippen LogP contribution in [0.3, 0.4) is 0 Å². The normalized spacial score (nSPS) is 17.8. The van der Waals surface area contributed by atoms with Crippen molar-refractivity contribution in [2.24, 2.45) is 5.73 Å². The second kappa shape index (κ2) is 4.71. The maximum absolute atomic E-state index is 13.9. The molecule has 0 radical (unpaired) electrons. The third-order valence-electron chi connectivity index (χ3n) is 2.88. The predicted octanol–water partition coefficient (Wildman–Crippen LogP) is 0.782. The summed E-state index contributed by atoms with van der Waals surface area (Å²) in [6.07, 6.45) is 0. The number of anilines is 1. The van der Waals surface area contributed by atoms with Gasteiger partial charge < -0.3 is 16.0 Å². The molecule has 5 heteroatoms. The van der Waals surface area contributed by atoms with Crippen LogP contribution < -0.4 is 16.0 Å². The van der Waals surface area contributed by atoms with Crippen molar-refractivity contribution in [2.45, 2.75) is 13.0 Å². The SMILES string of the molecule is C[C@@H](N)c1ccc(N2CCNC(=O)C2)c(F)c1. The first-order valence-electron chi connectivity index (χ1n) is 5.64. The van der Waals surface area contributed by atoms with Gasteiger partial charge in [0.05, 0.1) is 12.2 Å². The molecule has 0 saturated carbocycles. The lowest BCUT2D eigenvalue weighted by Gasteiger charge is -2.29. The number of halogens is 1. The van der Waals surface area contributed by atoms with Gasteiger partial charge in [-0.25, -0.2) is 4.39 Å². The fraction of sp³-hybridized carbons (Fsp3) is 0.417. The summed E-state index contributed by atoms with van der Waals surface area (Å²) in [5.74, 6) is -0.401. The Morgan fingerprint density at radius 3 is 2.88 bits per heavy atom. The lowest BCUT2D eigenvalue weighted by Crippen LogP contribution is -2.48. The summed E-state index contributed by atoms with van der Waals surface area (Å²) in [6, 6.07) is 4.73. The molecule has 1 aliphatic rings. The molecule has 1 amide bonds. The molecule has 1 aromatic carbocycles. The van der Waals surface area contributed by atoms with Gasteiger partial charge in [0.2, 0.25) is 5.91 Å². The molecule has 0 aromatic heterocycles. The van der Waals surface area contributed by atoms with E-state index in [1.807, 2.05) is 6.92 Å². The van der Waals surface area contributed by atoms with Gasteiger partial charge in [-0.3, -0.25) is 4.79 Å². The summed E-state index contributed by atoms with van der Waals surface area (Å²) in [6.45, 7) is 3.19. The zero-order chi connectivity index (χ0) is 12.4. The van der Waals surface area contributed by atoms with Crippen molar-refractivity contribution in [2.75, 3.05) is 24.5 Å². The number of rotatable bonds is 2. The van der Waals surface area contributed by atoms with Crippen molar-refractivity contribution >= 4 is 11.6 Å². The first-order chi connectivity index (χ1) is 8.08. The van der Waals surface area contributed by atoms with Gasteiger partial charge in [0, 0.05) is 19.1 Å². The molecule has 92 valence electrons. The first-order valence-corrected chi connectivity index (χ1v) is 5.64. The van der Waals surface area contributed by atoms with Crippen LogP contribution in [0.5, 0.6) is 0 Å². The van der Waals surface area contributed by atoms with Crippen molar-refractivity contribution in [3.63, 3.8) is 0 Å². The maximum Gasteiger partial charge on any atom is 0.239 e. The highest BCUT2D eigenvalue weighted by molar-refractivity contribution is 5.82. The Morgan fingerprint density at radius 1 is 1.53 bits per heavy atom. The highest BCUT2D eigenvalue weighted by Gasteiger charge is 2.19. The first kappa shape index (κ1) is 11.9. The summed E-state index contributed by atoms with van der Waals surface area (Å²) in [7, 11) is 0. The molecule has 0 spiro atoms. The number of benzene rings is 1. The second-order valence-corrected chi connectivity index (χ2v) is 4.27. The van der Waals surface area contributed by atoms with Gasteiger partial charge in [-0.15, -0.1) is 0 Å². The molecule has 1 aromatic rings. The molecule has 1 heterocycles. The van der Waals surface area contributed by atoms with Crippen LogP contribution in [0.15, 0.2) is 18.2 Å². The minimum absolute atomic E-state index is 0.0769. The van der Waals surface area contributed by atoms with E-state index in [2.05, 4.69) is 5.32 Å². The Hall–Kier alpha value is -1.62. The average molecular weight is 237 g/mol. The lowest BCUT2D eigenvalue weighted by atomic mass is 10.1. The molecule has 0 bridgehead atoms. The Balaban J connectivity index is 2.23. The molecule has 3 N–H and O–H groups in total. The van der Waals surface area contributed by atoms with Crippen LogP contribution in [0.4, 0.5) is 10.1 Å². The molecule has 0 aliphatic carbocycles. The molecule has 17 heavy (non-hydrogen) atoms. The summed E-state index contributed by atoms with van der Waals surface area (Å²) < 4.78 is 13.9. The molecule has 0 unspecified atom stereocenters. The van der Waals surface area contributed by atoms with E-state index in [1.165, 1.54) is 6.07 Å². The van der Waals surface area contributed by atoms with E-state index in [-0.39, 0.29) is 24.3 Å². The molecule has 1 saturated heterocycles. The highest BCUT2D eigenvalue weighted by Crippen LogP contribution is 2.23. The molecular formula is C12H16FN3O. The number of hydrogen-bond acceptors (Lipinski definition) is 3. The molecule has 4 nitrogen and oxygen atoms in total. The van der Waals surface area contributed by atoms with E-state index in [1.54, 1.807) is 17.0 Å². The van der Waals surface area contributed by atoms with Crippen LogP contribution in [0.25, 0.3) is 0 Å². The van der Waals surface area contributed by atoms with Crippen LogP contribution in [-0.4, -0.2) is 25.5 Å². The van der Waals surface area contributed by atoms with Crippen LogP contribution >= 0.6 is 0 Å². The fourth-order valence-electron chi connectivity index (χ4n) is 1.91. The second-order valence-electron chi connectivity index (χ2n) is 4.27. The number of nitrogens with one attached hydrogen (secondary N) is 1. The Kier molecular flexibility index (Phi) is 3.28. The Bertz CT molecular complexity index is 434. The Morgan fingerprint density at radius 2 is 2.29 bits per heavy atom. The number of carbonyl (C=O) groups excluding carboxylic acids is 1. The molecule has 1 fully saturated rings. The van der Waals surface area contributed by atoms with Gasteiger partial charge >= 0.3 is 0 Å². The van der Waals surface area contributed by atoms with Crippen LogP contribution in [0.1, 0.15) is 18.5 Å². The minimum Gasteiger partial charge on any atom is -0.358 e. The fourth-order valence-corrected chi connectivity index (χ4v) is 1.91. The van der Waals surface area contributed by atoms with Crippen molar-refractivity contribution in [1.29, 1.82) is 0 Å². The lowest BCUT2D eigenvalue weighted by molar-refractivity contribution is -0.120. The van der Waals surface area contributed by atoms with E-state index in [0.717, 1.165) is 5.56 Å². The Labute approximate surface area is 99.6 Å². The van der Waals surface area contributed by atoms with Crippen molar-refractivity contribution < 1.29 is 9.18 Å².